The maximum absolute atomic E-state index is 14.2. The summed E-state index contributed by atoms with van der Waals surface area (Å²) in [6, 6.07) is 17.4. The van der Waals surface area contributed by atoms with Gasteiger partial charge >= 0.3 is 0 Å². The third-order valence-electron chi connectivity index (χ3n) is 8.78. The fourth-order valence-corrected chi connectivity index (χ4v) is 6.62. The van der Waals surface area contributed by atoms with E-state index in [-0.39, 0.29) is 29.7 Å². The van der Waals surface area contributed by atoms with Crippen LogP contribution in [-0.4, -0.2) is 40.8 Å². The zero-order valence-corrected chi connectivity index (χ0v) is 22.8. The average molecular weight is 531 g/mol. The van der Waals surface area contributed by atoms with Gasteiger partial charge in [-0.05, 0) is 60.8 Å². The molecule has 8 heteroatoms. The van der Waals surface area contributed by atoms with Crippen LogP contribution in [-0.2, 0) is 22.7 Å². The summed E-state index contributed by atoms with van der Waals surface area (Å²) >= 11 is 0. The van der Waals surface area contributed by atoms with Crippen LogP contribution in [0.3, 0.4) is 0 Å². The topological polar surface area (TPSA) is 126 Å². The van der Waals surface area contributed by atoms with Crippen molar-refractivity contribution in [2.45, 2.75) is 82.5 Å². The van der Waals surface area contributed by atoms with Gasteiger partial charge in [0.05, 0.1) is 11.7 Å². The molecule has 6 N–H and O–H groups in total. The SMILES string of the molecule is NC(N)=Nc1ccc(CNC(=O)[C@]23C[C@H]2CCCN3C(=O)[C@@H](CC2CCCCC2)NCc2ccccc2)cc1. The van der Waals surface area contributed by atoms with Gasteiger partial charge in [0.25, 0.3) is 0 Å². The Morgan fingerprint density at radius 2 is 1.64 bits per heavy atom. The summed E-state index contributed by atoms with van der Waals surface area (Å²) < 4.78 is 0. The van der Waals surface area contributed by atoms with Gasteiger partial charge in [0.2, 0.25) is 11.8 Å². The molecule has 0 radical (unpaired) electrons. The number of rotatable bonds is 10. The van der Waals surface area contributed by atoms with Gasteiger partial charge in [-0.1, -0.05) is 74.6 Å². The second-order valence-corrected chi connectivity index (χ2v) is 11.5. The third-order valence-corrected chi connectivity index (χ3v) is 8.78. The van der Waals surface area contributed by atoms with Crippen molar-refractivity contribution in [3.8, 4) is 0 Å². The zero-order valence-electron chi connectivity index (χ0n) is 22.8. The fourth-order valence-electron chi connectivity index (χ4n) is 6.62. The van der Waals surface area contributed by atoms with Gasteiger partial charge in [0.1, 0.15) is 5.54 Å². The summed E-state index contributed by atoms with van der Waals surface area (Å²) in [6.07, 6.45) is 9.70. The van der Waals surface area contributed by atoms with Crippen LogP contribution in [0.5, 0.6) is 0 Å². The minimum Gasteiger partial charge on any atom is -0.370 e. The van der Waals surface area contributed by atoms with E-state index < -0.39 is 5.54 Å². The van der Waals surface area contributed by atoms with Crippen LogP contribution in [0.25, 0.3) is 0 Å². The van der Waals surface area contributed by atoms with E-state index in [0.29, 0.717) is 31.2 Å². The molecular formula is C31H42N6O2. The summed E-state index contributed by atoms with van der Waals surface area (Å²) in [7, 11) is 0. The second kappa shape index (κ2) is 12.2. The lowest BCUT2D eigenvalue weighted by Crippen LogP contribution is -2.59. The van der Waals surface area contributed by atoms with E-state index in [4.69, 9.17) is 11.5 Å². The third kappa shape index (κ3) is 6.44. The lowest BCUT2D eigenvalue weighted by Gasteiger charge is -2.39. The molecule has 0 bridgehead atoms. The highest BCUT2D eigenvalue weighted by Gasteiger charge is 2.66. The number of hydrogen-bond acceptors (Lipinski definition) is 4. The molecular weight excluding hydrogens is 488 g/mol. The summed E-state index contributed by atoms with van der Waals surface area (Å²) in [6.45, 7) is 1.69. The minimum absolute atomic E-state index is 0.0111. The monoisotopic (exact) mass is 530 g/mol. The van der Waals surface area contributed by atoms with Gasteiger partial charge in [-0.2, -0.15) is 0 Å². The molecule has 0 spiro atoms. The molecule has 3 atom stereocenters. The standard InChI is InChI=1S/C31H42N6O2/c32-30(33)36-26-15-13-24(14-16-26)21-35-29(39)31-19-25(31)12-7-17-37(31)28(38)27(18-22-8-3-1-4-9-22)34-20-23-10-5-2-6-11-23/h2,5-6,10-11,13-16,22,25,27,34H,1,3-4,7-9,12,17-21H2,(H,35,39)(H4,32,33,36)/t25-,27-,31+/m1/s1. The van der Waals surface area contributed by atoms with Crippen LogP contribution in [0, 0.1) is 11.8 Å². The molecule has 2 saturated carbocycles. The normalized spacial score (nSPS) is 23.4. The number of amides is 2. The Kier molecular flexibility index (Phi) is 8.50. The Labute approximate surface area is 231 Å². The molecule has 1 aliphatic heterocycles. The van der Waals surface area contributed by atoms with Crippen molar-refractivity contribution in [1.29, 1.82) is 0 Å². The Hall–Kier alpha value is -3.39. The first-order valence-electron chi connectivity index (χ1n) is 14.5. The van der Waals surface area contributed by atoms with E-state index in [1.165, 1.54) is 37.7 Å². The molecule has 3 aliphatic rings. The molecule has 0 unspecified atom stereocenters. The van der Waals surface area contributed by atoms with E-state index >= 15 is 0 Å². The van der Waals surface area contributed by atoms with Gasteiger partial charge in [0.15, 0.2) is 5.96 Å². The van der Waals surface area contributed by atoms with Crippen LogP contribution < -0.4 is 22.1 Å². The van der Waals surface area contributed by atoms with Crippen molar-refractivity contribution in [2.75, 3.05) is 6.54 Å². The van der Waals surface area contributed by atoms with Crippen LogP contribution >= 0.6 is 0 Å². The Bertz CT molecular complexity index is 1160. The number of nitrogens with two attached hydrogens (primary N) is 2. The van der Waals surface area contributed by atoms with E-state index in [9.17, 15) is 9.59 Å². The summed E-state index contributed by atoms with van der Waals surface area (Å²) in [5.41, 5.74) is 13.0. The molecule has 8 nitrogen and oxygen atoms in total. The highest BCUT2D eigenvalue weighted by Crippen LogP contribution is 2.54. The van der Waals surface area contributed by atoms with Crippen LogP contribution in [0.1, 0.15) is 68.9 Å². The molecule has 2 aromatic carbocycles. The predicted molar refractivity (Wildman–Crippen MR) is 154 cm³/mol. The first-order valence-corrected chi connectivity index (χ1v) is 14.5. The van der Waals surface area contributed by atoms with Gasteiger partial charge in [-0.3, -0.25) is 9.59 Å². The molecule has 39 heavy (non-hydrogen) atoms. The molecule has 2 aromatic rings. The summed E-state index contributed by atoms with van der Waals surface area (Å²) in [4.78, 5) is 33.8. The molecule has 208 valence electrons. The van der Waals surface area contributed by atoms with Gasteiger partial charge in [0, 0.05) is 19.6 Å². The van der Waals surface area contributed by atoms with Crippen LogP contribution in [0.4, 0.5) is 5.69 Å². The summed E-state index contributed by atoms with van der Waals surface area (Å²) in [5.74, 6) is 0.868. The Balaban J connectivity index is 1.27. The van der Waals surface area contributed by atoms with Gasteiger partial charge in [-0.25, -0.2) is 4.99 Å². The molecule has 3 fully saturated rings. The summed E-state index contributed by atoms with van der Waals surface area (Å²) in [5, 5.41) is 6.74. The number of benzene rings is 2. The number of carbonyl (C=O) groups excluding carboxylic acids is 2. The van der Waals surface area contributed by atoms with Crippen LogP contribution in [0.15, 0.2) is 59.6 Å². The van der Waals surface area contributed by atoms with Crippen molar-refractivity contribution in [3.63, 3.8) is 0 Å². The first kappa shape index (κ1) is 27.2. The van der Waals surface area contributed by atoms with Crippen molar-refractivity contribution < 1.29 is 9.59 Å². The number of aliphatic imine (C=N–C) groups is 1. The highest BCUT2D eigenvalue weighted by atomic mass is 16.2. The maximum Gasteiger partial charge on any atom is 0.246 e. The number of carbonyl (C=O) groups is 2. The Morgan fingerprint density at radius 1 is 0.923 bits per heavy atom. The van der Waals surface area contributed by atoms with E-state index in [2.05, 4.69) is 27.8 Å². The molecule has 0 aromatic heterocycles. The van der Waals surface area contributed by atoms with Crippen molar-refractivity contribution in [2.24, 2.45) is 28.3 Å². The number of likely N-dealkylation sites (tertiary alicyclic amines) is 1. The molecule has 5 rings (SSSR count). The van der Waals surface area contributed by atoms with E-state index in [1.54, 1.807) is 0 Å². The Morgan fingerprint density at radius 3 is 2.36 bits per heavy atom. The smallest absolute Gasteiger partial charge is 0.246 e. The second-order valence-electron chi connectivity index (χ2n) is 11.5. The molecule has 2 amide bonds. The fraction of sp³-hybridized carbons (Fsp3) is 0.516. The highest BCUT2D eigenvalue weighted by molar-refractivity contribution is 5.96. The largest absolute Gasteiger partial charge is 0.370 e. The molecule has 1 saturated heterocycles. The number of piperidine rings is 1. The van der Waals surface area contributed by atoms with Crippen LogP contribution in [0.2, 0.25) is 0 Å². The zero-order chi connectivity index (χ0) is 27.2. The molecule has 1 heterocycles. The lowest BCUT2D eigenvalue weighted by molar-refractivity contribution is -0.146. The maximum atomic E-state index is 14.2. The van der Waals surface area contributed by atoms with Crippen molar-refractivity contribution in [1.82, 2.24) is 15.5 Å². The first-order chi connectivity index (χ1) is 19.0. The van der Waals surface area contributed by atoms with Gasteiger partial charge in [-0.15, -0.1) is 0 Å². The lowest BCUT2D eigenvalue weighted by atomic mass is 9.84. The number of nitrogens with zero attached hydrogens (tertiary/aromatic N) is 2. The quantitative estimate of drug-likeness (QED) is 0.275. The number of fused-ring (bicyclic) bond motifs is 1. The van der Waals surface area contributed by atoms with Crippen molar-refractivity contribution >= 4 is 23.5 Å². The van der Waals surface area contributed by atoms with Gasteiger partial charge < -0.3 is 27.0 Å². The number of hydrogen-bond donors (Lipinski definition) is 4. The van der Waals surface area contributed by atoms with E-state index in [0.717, 1.165) is 31.2 Å². The van der Waals surface area contributed by atoms with Crippen molar-refractivity contribution in [3.05, 3.63) is 65.7 Å². The number of guanidine groups is 1. The minimum atomic E-state index is -0.715. The average Bonchev–Trinajstić information content (AvgIpc) is 3.71. The number of nitrogens with one attached hydrogen (secondary N) is 2. The predicted octanol–water partition coefficient (Wildman–Crippen LogP) is 3.72. The molecule has 2 aliphatic carbocycles. The van der Waals surface area contributed by atoms with E-state index in [1.807, 2.05) is 47.4 Å².